The lowest BCUT2D eigenvalue weighted by molar-refractivity contribution is -0.150. The van der Waals surface area contributed by atoms with Gasteiger partial charge in [0.15, 0.2) is 0 Å². The SMILES string of the molecule is CCCCCCC(=O)O[C@H](CCc1ccccc1)CNOCc1ccccc1. The van der Waals surface area contributed by atoms with E-state index in [9.17, 15) is 4.79 Å². The summed E-state index contributed by atoms with van der Waals surface area (Å²) < 4.78 is 5.72. The Bertz CT molecular complexity index is 645. The molecule has 4 heteroatoms. The highest BCUT2D eigenvalue weighted by atomic mass is 16.6. The van der Waals surface area contributed by atoms with Gasteiger partial charge < -0.3 is 4.74 Å². The van der Waals surface area contributed by atoms with Crippen molar-refractivity contribution in [3.05, 3.63) is 71.8 Å². The molecular formula is C24H33NO3. The number of carbonyl (C=O) groups excluding carboxylic acids is 1. The van der Waals surface area contributed by atoms with E-state index < -0.39 is 0 Å². The zero-order chi connectivity index (χ0) is 19.9. The number of hydrogen-bond donors (Lipinski definition) is 1. The molecule has 1 N–H and O–H groups in total. The lowest BCUT2D eigenvalue weighted by Gasteiger charge is -2.19. The Morgan fingerprint density at radius 1 is 0.929 bits per heavy atom. The molecule has 0 heterocycles. The van der Waals surface area contributed by atoms with Gasteiger partial charge in [0, 0.05) is 6.42 Å². The minimum atomic E-state index is -0.199. The molecule has 2 rings (SSSR count). The first-order chi connectivity index (χ1) is 13.8. The van der Waals surface area contributed by atoms with Gasteiger partial charge in [-0.05, 0) is 30.4 Å². The van der Waals surface area contributed by atoms with Gasteiger partial charge in [0.1, 0.15) is 6.10 Å². The van der Waals surface area contributed by atoms with Gasteiger partial charge in [0.2, 0.25) is 0 Å². The predicted molar refractivity (Wildman–Crippen MR) is 113 cm³/mol. The van der Waals surface area contributed by atoms with Crippen molar-refractivity contribution < 1.29 is 14.4 Å². The zero-order valence-corrected chi connectivity index (χ0v) is 16.9. The molecule has 2 aromatic rings. The van der Waals surface area contributed by atoms with Crippen LogP contribution in [0, 0.1) is 0 Å². The number of hydroxylamine groups is 1. The fourth-order valence-corrected chi connectivity index (χ4v) is 2.98. The van der Waals surface area contributed by atoms with E-state index in [-0.39, 0.29) is 12.1 Å². The topological polar surface area (TPSA) is 47.6 Å². The molecule has 0 aliphatic heterocycles. The average Bonchev–Trinajstić information content (AvgIpc) is 2.74. The molecule has 152 valence electrons. The highest BCUT2D eigenvalue weighted by Gasteiger charge is 2.14. The van der Waals surface area contributed by atoms with Gasteiger partial charge in [-0.2, -0.15) is 5.48 Å². The second kappa shape index (κ2) is 13.9. The van der Waals surface area contributed by atoms with Crippen LogP contribution in [-0.4, -0.2) is 18.6 Å². The number of carbonyl (C=O) groups is 1. The molecule has 0 fully saturated rings. The predicted octanol–water partition coefficient (Wildman–Crippen LogP) is 5.22. The third-order valence-electron chi connectivity index (χ3n) is 4.63. The lowest BCUT2D eigenvalue weighted by atomic mass is 10.1. The van der Waals surface area contributed by atoms with Gasteiger partial charge in [-0.15, -0.1) is 0 Å². The van der Waals surface area contributed by atoms with Crippen LogP contribution in [0.2, 0.25) is 0 Å². The molecule has 28 heavy (non-hydrogen) atoms. The summed E-state index contributed by atoms with van der Waals surface area (Å²) in [4.78, 5) is 17.7. The lowest BCUT2D eigenvalue weighted by Crippen LogP contribution is -2.31. The molecule has 1 atom stereocenters. The Balaban J connectivity index is 1.76. The third kappa shape index (κ3) is 9.67. The van der Waals surface area contributed by atoms with Crippen molar-refractivity contribution in [1.29, 1.82) is 0 Å². The summed E-state index contributed by atoms with van der Waals surface area (Å²) in [6.07, 6.45) is 6.24. The Morgan fingerprint density at radius 3 is 2.29 bits per heavy atom. The summed E-state index contributed by atoms with van der Waals surface area (Å²) >= 11 is 0. The van der Waals surface area contributed by atoms with E-state index in [1.165, 1.54) is 12.0 Å². The average molecular weight is 384 g/mol. The van der Waals surface area contributed by atoms with E-state index >= 15 is 0 Å². The van der Waals surface area contributed by atoms with E-state index in [2.05, 4.69) is 24.5 Å². The normalized spacial score (nSPS) is 11.9. The zero-order valence-electron chi connectivity index (χ0n) is 16.9. The highest BCUT2D eigenvalue weighted by molar-refractivity contribution is 5.69. The van der Waals surface area contributed by atoms with Crippen molar-refractivity contribution in [1.82, 2.24) is 5.48 Å². The number of benzene rings is 2. The first-order valence-electron chi connectivity index (χ1n) is 10.4. The van der Waals surface area contributed by atoms with Crippen molar-refractivity contribution in [2.45, 2.75) is 64.6 Å². The van der Waals surface area contributed by atoms with E-state index in [4.69, 9.17) is 9.57 Å². The van der Waals surface area contributed by atoms with Crippen molar-refractivity contribution in [3.8, 4) is 0 Å². The smallest absolute Gasteiger partial charge is 0.306 e. The number of aryl methyl sites for hydroxylation is 1. The number of unbranched alkanes of at least 4 members (excludes halogenated alkanes) is 3. The third-order valence-corrected chi connectivity index (χ3v) is 4.63. The Kier molecular flexibility index (Phi) is 11.0. The summed E-state index contributed by atoms with van der Waals surface area (Å²) in [5.41, 5.74) is 5.32. The number of rotatable bonds is 14. The van der Waals surface area contributed by atoms with Gasteiger partial charge in [0.25, 0.3) is 0 Å². The minimum Gasteiger partial charge on any atom is -0.461 e. The van der Waals surface area contributed by atoms with Crippen LogP contribution >= 0.6 is 0 Å². The van der Waals surface area contributed by atoms with Crippen molar-refractivity contribution in [2.75, 3.05) is 6.54 Å². The Labute approximate surface area is 169 Å². The first kappa shape index (κ1) is 22.1. The molecule has 2 aromatic carbocycles. The molecule has 0 bridgehead atoms. The van der Waals surface area contributed by atoms with E-state index in [1.807, 2.05) is 48.5 Å². The van der Waals surface area contributed by atoms with Crippen LogP contribution in [0.25, 0.3) is 0 Å². The van der Waals surface area contributed by atoms with E-state index in [0.717, 1.165) is 37.7 Å². The molecule has 0 saturated heterocycles. The standard InChI is InChI=1S/C24H33NO3/c1-2-3-4-11-16-24(26)28-23(18-17-21-12-7-5-8-13-21)19-25-27-20-22-14-9-6-10-15-22/h5-10,12-15,23,25H,2-4,11,16-20H2,1H3/t23-/m1/s1. The fraction of sp³-hybridized carbons (Fsp3) is 0.458. The van der Waals surface area contributed by atoms with Gasteiger partial charge in [-0.25, -0.2) is 0 Å². The molecular weight excluding hydrogens is 350 g/mol. The van der Waals surface area contributed by atoms with Crippen LogP contribution in [0.15, 0.2) is 60.7 Å². The minimum absolute atomic E-state index is 0.112. The maximum atomic E-state index is 12.2. The number of esters is 1. The van der Waals surface area contributed by atoms with Crippen molar-refractivity contribution >= 4 is 5.97 Å². The van der Waals surface area contributed by atoms with Crippen LogP contribution in [0.3, 0.4) is 0 Å². The second-order valence-corrected chi connectivity index (χ2v) is 7.07. The molecule has 0 spiro atoms. The van der Waals surface area contributed by atoms with Crippen LogP contribution < -0.4 is 5.48 Å². The summed E-state index contributed by atoms with van der Waals surface area (Å²) in [7, 11) is 0. The number of hydrogen-bond acceptors (Lipinski definition) is 4. The summed E-state index contributed by atoms with van der Waals surface area (Å²) in [5.74, 6) is -0.112. The highest BCUT2D eigenvalue weighted by Crippen LogP contribution is 2.10. The first-order valence-corrected chi connectivity index (χ1v) is 10.4. The molecule has 4 nitrogen and oxygen atoms in total. The molecule has 0 aliphatic rings. The molecule has 0 amide bonds. The number of ether oxygens (including phenoxy) is 1. The fourth-order valence-electron chi connectivity index (χ4n) is 2.98. The molecule has 0 saturated carbocycles. The summed E-state index contributed by atoms with van der Waals surface area (Å²) in [5, 5.41) is 0. The Hall–Kier alpha value is -2.17. The summed E-state index contributed by atoms with van der Waals surface area (Å²) in [6, 6.07) is 20.3. The summed E-state index contributed by atoms with van der Waals surface area (Å²) in [6.45, 7) is 3.14. The Morgan fingerprint density at radius 2 is 1.61 bits per heavy atom. The van der Waals surface area contributed by atoms with Gasteiger partial charge >= 0.3 is 5.97 Å². The van der Waals surface area contributed by atoms with Crippen LogP contribution in [0.5, 0.6) is 0 Å². The van der Waals surface area contributed by atoms with Crippen LogP contribution in [-0.2, 0) is 27.4 Å². The van der Waals surface area contributed by atoms with E-state index in [0.29, 0.717) is 19.6 Å². The maximum Gasteiger partial charge on any atom is 0.306 e. The molecule has 0 aromatic heterocycles. The second-order valence-electron chi connectivity index (χ2n) is 7.07. The van der Waals surface area contributed by atoms with Gasteiger partial charge in [-0.1, -0.05) is 86.8 Å². The molecule has 0 radical (unpaired) electrons. The largest absolute Gasteiger partial charge is 0.461 e. The van der Waals surface area contributed by atoms with Gasteiger partial charge in [0.05, 0.1) is 13.2 Å². The van der Waals surface area contributed by atoms with Crippen LogP contribution in [0.1, 0.15) is 56.6 Å². The van der Waals surface area contributed by atoms with Crippen molar-refractivity contribution in [3.63, 3.8) is 0 Å². The maximum absolute atomic E-state index is 12.2. The quantitative estimate of drug-likeness (QED) is 0.276. The van der Waals surface area contributed by atoms with Crippen LogP contribution in [0.4, 0.5) is 0 Å². The molecule has 0 aliphatic carbocycles. The molecule has 0 unspecified atom stereocenters. The van der Waals surface area contributed by atoms with Crippen molar-refractivity contribution in [2.24, 2.45) is 0 Å². The number of nitrogens with one attached hydrogen (secondary N) is 1. The monoisotopic (exact) mass is 383 g/mol. The van der Waals surface area contributed by atoms with Gasteiger partial charge in [-0.3, -0.25) is 9.63 Å². The van der Waals surface area contributed by atoms with E-state index in [1.54, 1.807) is 0 Å².